The van der Waals surface area contributed by atoms with Crippen LogP contribution < -0.4 is 21.7 Å². The van der Waals surface area contributed by atoms with Crippen molar-refractivity contribution >= 4 is 23.1 Å². The van der Waals surface area contributed by atoms with E-state index < -0.39 is 0 Å². The van der Waals surface area contributed by atoms with Crippen LogP contribution in [-0.2, 0) is 0 Å². The summed E-state index contributed by atoms with van der Waals surface area (Å²) in [6.07, 6.45) is 5.50. The third-order valence-corrected chi connectivity index (χ3v) is 2.54. The molecule has 15 heavy (non-hydrogen) atoms. The van der Waals surface area contributed by atoms with Crippen LogP contribution in [-0.4, -0.2) is 29.2 Å². The third-order valence-electron chi connectivity index (χ3n) is 2.54. The summed E-state index contributed by atoms with van der Waals surface area (Å²) in [5.41, 5.74) is 1.23. The molecule has 0 amide bonds. The maximum atomic E-state index is 5.77. The van der Waals surface area contributed by atoms with Gasteiger partial charge in [-0.1, -0.05) is 6.92 Å². The van der Waals surface area contributed by atoms with E-state index in [9.17, 15) is 0 Å². The summed E-state index contributed by atoms with van der Waals surface area (Å²) in [6.45, 7) is 2.07. The van der Waals surface area contributed by atoms with Crippen molar-refractivity contribution in [3.63, 3.8) is 0 Å². The van der Waals surface area contributed by atoms with E-state index in [-0.39, 0.29) is 40.0 Å². The van der Waals surface area contributed by atoms with Gasteiger partial charge in [0.1, 0.15) is 0 Å². The van der Waals surface area contributed by atoms with E-state index in [1.54, 1.807) is 0 Å². The fourth-order valence-electron chi connectivity index (χ4n) is 1.75. The first-order valence-corrected chi connectivity index (χ1v) is 4.99. The standard InChI is InChI=1S/C12H15O.BrH.Mg/c1-10-6-8-12(9-7-10)13-11-4-2-3-5-11;;/h6-8,11H,2-5H2,1H3;1H;/q-1;;+2/p-1. The van der Waals surface area contributed by atoms with Gasteiger partial charge in [0.15, 0.2) is 0 Å². The SMILES string of the molecule is Cc1c[c-]c(OC2CCCC2)cc1.[Br-].[Mg+2]. The summed E-state index contributed by atoms with van der Waals surface area (Å²) >= 11 is 0. The van der Waals surface area contributed by atoms with Crippen molar-refractivity contribution in [2.75, 3.05) is 0 Å². The van der Waals surface area contributed by atoms with E-state index in [1.165, 1.54) is 31.2 Å². The number of ether oxygens (including phenoxy) is 1. The average Bonchev–Trinajstić information content (AvgIpc) is 2.62. The van der Waals surface area contributed by atoms with Crippen molar-refractivity contribution in [2.24, 2.45) is 0 Å². The van der Waals surface area contributed by atoms with Crippen LogP contribution in [0.25, 0.3) is 0 Å². The van der Waals surface area contributed by atoms with Gasteiger partial charge >= 0.3 is 23.1 Å². The summed E-state index contributed by atoms with van der Waals surface area (Å²) in [7, 11) is 0. The van der Waals surface area contributed by atoms with Gasteiger partial charge in [0, 0.05) is 5.75 Å². The largest absolute Gasteiger partial charge is 2.00 e. The fraction of sp³-hybridized carbons (Fsp3) is 0.500. The molecule has 0 spiro atoms. The number of benzene rings is 1. The van der Waals surface area contributed by atoms with E-state index >= 15 is 0 Å². The summed E-state index contributed by atoms with van der Waals surface area (Å²) in [5.74, 6) is 0.900. The molecule has 1 aromatic rings. The second-order valence-corrected chi connectivity index (χ2v) is 3.75. The molecule has 0 aliphatic heterocycles. The molecule has 1 fully saturated rings. The predicted molar refractivity (Wildman–Crippen MR) is 58.7 cm³/mol. The quantitative estimate of drug-likeness (QED) is 0.535. The van der Waals surface area contributed by atoms with Crippen LogP contribution in [0.15, 0.2) is 18.2 Å². The number of halogens is 1. The Labute approximate surface area is 119 Å². The van der Waals surface area contributed by atoms with Crippen LogP contribution >= 0.6 is 0 Å². The van der Waals surface area contributed by atoms with E-state index in [0.717, 1.165) is 5.75 Å². The van der Waals surface area contributed by atoms with Crippen LogP contribution in [0.1, 0.15) is 31.2 Å². The van der Waals surface area contributed by atoms with Gasteiger partial charge in [-0.15, -0.1) is 12.1 Å². The van der Waals surface area contributed by atoms with Crippen molar-refractivity contribution in [1.82, 2.24) is 0 Å². The first-order valence-electron chi connectivity index (χ1n) is 4.99. The molecule has 0 bridgehead atoms. The summed E-state index contributed by atoms with van der Waals surface area (Å²) in [5, 5.41) is 0. The van der Waals surface area contributed by atoms with Gasteiger partial charge < -0.3 is 21.7 Å². The molecule has 1 aliphatic carbocycles. The van der Waals surface area contributed by atoms with Crippen LogP contribution in [0.5, 0.6) is 5.75 Å². The molecule has 0 N–H and O–H groups in total. The first kappa shape index (κ1) is 15.3. The molecule has 3 heteroatoms. The van der Waals surface area contributed by atoms with Gasteiger partial charge in [-0.25, -0.2) is 0 Å². The average molecular weight is 279 g/mol. The van der Waals surface area contributed by atoms with E-state index in [1.807, 2.05) is 12.1 Å². The molecule has 1 nitrogen and oxygen atoms in total. The van der Waals surface area contributed by atoms with Crippen molar-refractivity contribution in [3.05, 3.63) is 29.8 Å². The minimum atomic E-state index is 0. The van der Waals surface area contributed by atoms with Crippen LogP contribution in [0, 0.1) is 13.0 Å². The molecule has 1 aromatic carbocycles. The Morgan fingerprint density at radius 3 is 2.47 bits per heavy atom. The molecule has 0 saturated heterocycles. The normalized spacial score (nSPS) is 15.3. The van der Waals surface area contributed by atoms with Gasteiger partial charge in [0.2, 0.25) is 0 Å². The maximum absolute atomic E-state index is 5.77. The minimum Gasteiger partial charge on any atom is -1.00 e. The Balaban J connectivity index is 0.000000980. The minimum absolute atomic E-state index is 0. The molecule has 0 unspecified atom stereocenters. The predicted octanol–water partition coefficient (Wildman–Crippen LogP) is -0.260. The molecular formula is C12H15BrMgO. The molecule has 1 aliphatic rings. The zero-order valence-electron chi connectivity index (χ0n) is 9.13. The van der Waals surface area contributed by atoms with Gasteiger partial charge in [0.05, 0.1) is 6.10 Å². The first-order chi connectivity index (χ1) is 6.34. The number of aryl methyl sites for hydroxylation is 1. The molecule has 0 radical (unpaired) electrons. The Hall–Kier alpha value is 0.266. The molecule has 0 atom stereocenters. The summed E-state index contributed by atoms with van der Waals surface area (Å²) in [4.78, 5) is 0. The Morgan fingerprint density at radius 1 is 1.27 bits per heavy atom. The molecular weight excluding hydrogens is 264 g/mol. The Kier molecular flexibility index (Phi) is 7.66. The molecule has 1 saturated carbocycles. The van der Waals surface area contributed by atoms with E-state index in [2.05, 4.69) is 19.1 Å². The van der Waals surface area contributed by atoms with Crippen molar-refractivity contribution in [3.8, 4) is 5.75 Å². The Morgan fingerprint density at radius 2 is 1.93 bits per heavy atom. The second kappa shape index (κ2) is 7.53. The topological polar surface area (TPSA) is 9.23 Å². The summed E-state index contributed by atoms with van der Waals surface area (Å²) in [6, 6.07) is 9.20. The monoisotopic (exact) mass is 278 g/mol. The second-order valence-electron chi connectivity index (χ2n) is 3.75. The van der Waals surface area contributed by atoms with E-state index in [4.69, 9.17) is 4.74 Å². The molecule has 2 rings (SSSR count). The molecule has 0 heterocycles. The third kappa shape index (κ3) is 4.75. The summed E-state index contributed by atoms with van der Waals surface area (Å²) < 4.78 is 5.77. The van der Waals surface area contributed by atoms with Crippen LogP contribution in [0.4, 0.5) is 0 Å². The van der Waals surface area contributed by atoms with Crippen LogP contribution in [0.2, 0.25) is 0 Å². The van der Waals surface area contributed by atoms with Crippen molar-refractivity contribution < 1.29 is 21.7 Å². The number of hydrogen-bond acceptors (Lipinski definition) is 1. The molecule has 78 valence electrons. The van der Waals surface area contributed by atoms with Crippen LogP contribution in [0.3, 0.4) is 0 Å². The number of rotatable bonds is 2. The smallest absolute Gasteiger partial charge is 1.00 e. The maximum Gasteiger partial charge on any atom is 2.00 e. The van der Waals surface area contributed by atoms with Gasteiger partial charge in [-0.3, -0.25) is 0 Å². The zero-order valence-corrected chi connectivity index (χ0v) is 12.1. The van der Waals surface area contributed by atoms with Gasteiger partial charge in [-0.2, -0.15) is 17.7 Å². The number of hydrogen-bond donors (Lipinski definition) is 0. The fourth-order valence-corrected chi connectivity index (χ4v) is 1.75. The van der Waals surface area contributed by atoms with Gasteiger partial charge in [-0.05, 0) is 25.7 Å². The Bertz CT molecular complexity index is 267. The zero-order chi connectivity index (χ0) is 9.10. The molecule has 0 aromatic heterocycles. The van der Waals surface area contributed by atoms with E-state index in [0.29, 0.717) is 6.10 Å². The van der Waals surface area contributed by atoms with Crippen molar-refractivity contribution in [2.45, 2.75) is 38.7 Å². The van der Waals surface area contributed by atoms with Crippen molar-refractivity contribution in [1.29, 1.82) is 0 Å². The van der Waals surface area contributed by atoms with Gasteiger partial charge in [0.25, 0.3) is 0 Å².